The molecule has 1 amide bonds. The van der Waals surface area contributed by atoms with E-state index in [0.717, 1.165) is 11.5 Å². The Hall–Kier alpha value is -1.09. The first-order valence-electron chi connectivity index (χ1n) is 7.63. The van der Waals surface area contributed by atoms with E-state index >= 15 is 0 Å². The van der Waals surface area contributed by atoms with Crippen LogP contribution < -0.4 is 4.72 Å². The summed E-state index contributed by atoms with van der Waals surface area (Å²) in [7, 11) is -3.64. The zero-order valence-electron chi connectivity index (χ0n) is 12.7. The van der Waals surface area contributed by atoms with Crippen LogP contribution in [0.5, 0.6) is 0 Å². The predicted molar refractivity (Wildman–Crippen MR) is 89.2 cm³/mol. The monoisotopic (exact) mass is 356 g/mol. The van der Waals surface area contributed by atoms with Crippen LogP contribution >= 0.6 is 11.8 Å². The summed E-state index contributed by atoms with van der Waals surface area (Å²) >= 11 is 1.82. The molecule has 2 saturated heterocycles. The summed E-state index contributed by atoms with van der Waals surface area (Å²) in [5.74, 6) is 1.74. The van der Waals surface area contributed by atoms with Crippen LogP contribution in [0.2, 0.25) is 0 Å². The van der Waals surface area contributed by atoms with E-state index in [0.29, 0.717) is 38.3 Å². The molecule has 23 heavy (non-hydrogen) atoms. The van der Waals surface area contributed by atoms with Crippen LogP contribution in [-0.4, -0.2) is 63.1 Å². The first kappa shape index (κ1) is 16.8. The summed E-state index contributed by atoms with van der Waals surface area (Å²) in [6.45, 7) is 2.37. The van der Waals surface area contributed by atoms with E-state index in [4.69, 9.17) is 4.74 Å². The fourth-order valence-electron chi connectivity index (χ4n) is 2.66. The van der Waals surface area contributed by atoms with Crippen LogP contribution in [0.15, 0.2) is 29.2 Å². The van der Waals surface area contributed by atoms with Gasteiger partial charge in [0.25, 0.3) is 5.91 Å². The summed E-state index contributed by atoms with van der Waals surface area (Å²) in [4.78, 5) is 14.4. The molecule has 1 aromatic rings. The fourth-order valence-corrected chi connectivity index (χ4v) is 4.86. The number of hydrogen-bond acceptors (Lipinski definition) is 5. The van der Waals surface area contributed by atoms with Crippen LogP contribution in [0.3, 0.4) is 0 Å². The van der Waals surface area contributed by atoms with Crippen molar-refractivity contribution in [2.24, 2.45) is 0 Å². The van der Waals surface area contributed by atoms with Crippen molar-refractivity contribution >= 4 is 27.7 Å². The topological polar surface area (TPSA) is 75.7 Å². The number of nitrogens with zero attached hydrogens (tertiary/aromatic N) is 1. The van der Waals surface area contributed by atoms with Gasteiger partial charge in [-0.05, 0) is 24.6 Å². The Morgan fingerprint density at radius 1 is 1.30 bits per heavy atom. The molecule has 8 heteroatoms. The van der Waals surface area contributed by atoms with E-state index in [1.54, 1.807) is 17.0 Å². The molecule has 0 bridgehead atoms. The lowest BCUT2D eigenvalue weighted by atomic mass is 10.2. The zero-order valence-corrected chi connectivity index (χ0v) is 14.4. The van der Waals surface area contributed by atoms with Gasteiger partial charge in [-0.1, -0.05) is 6.07 Å². The molecule has 1 N–H and O–H groups in total. The molecule has 1 unspecified atom stereocenters. The van der Waals surface area contributed by atoms with Gasteiger partial charge in [0.15, 0.2) is 0 Å². The Bertz CT molecular complexity index is 666. The van der Waals surface area contributed by atoms with E-state index in [1.165, 1.54) is 12.1 Å². The van der Waals surface area contributed by atoms with Crippen LogP contribution in [-0.2, 0) is 14.8 Å². The second kappa shape index (κ2) is 7.21. The van der Waals surface area contributed by atoms with Crippen LogP contribution in [0.25, 0.3) is 0 Å². The van der Waals surface area contributed by atoms with E-state index < -0.39 is 10.0 Å². The second-order valence-electron chi connectivity index (χ2n) is 5.61. The predicted octanol–water partition coefficient (Wildman–Crippen LogP) is 0.943. The van der Waals surface area contributed by atoms with Crippen molar-refractivity contribution in [3.63, 3.8) is 0 Å². The summed E-state index contributed by atoms with van der Waals surface area (Å²) < 4.78 is 32.7. The van der Waals surface area contributed by atoms with Crippen molar-refractivity contribution in [2.45, 2.75) is 17.4 Å². The fraction of sp³-hybridized carbons (Fsp3) is 0.533. The third-order valence-electron chi connectivity index (χ3n) is 3.94. The molecule has 1 aromatic carbocycles. The number of carbonyl (C=O) groups is 1. The quantitative estimate of drug-likeness (QED) is 0.869. The highest BCUT2D eigenvalue weighted by atomic mass is 32.2. The highest BCUT2D eigenvalue weighted by molar-refractivity contribution is 7.99. The number of benzene rings is 1. The van der Waals surface area contributed by atoms with Crippen molar-refractivity contribution in [1.29, 1.82) is 0 Å². The molecule has 6 nitrogen and oxygen atoms in total. The second-order valence-corrected chi connectivity index (χ2v) is 8.55. The van der Waals surface area contributed by atoms with Gasteiger partial charge in [-0.2, -0.15) is 11.8 Å². The van der Waals surface area contributed by atoms with Gasteiger partial charge in [0.1, 0.15) is 0 Å². The SMILES string of the molecule is O=C(c1cccc(S(=O)(=O)NC2CCOC2)c1)N1CCSCC1. The van der Waals surface area contributed by atoms with Crippen molar-refractivity contribution in [2.75, 3.05) is 37.8 Å². The zero-order chi connectivity index (χ0) is 16.3. The Morgan fingerprint density at radius 3 is 2.78 bits per heavy atom. The van der Waals surface area contributed by atoms with Gasteiger partial charge in [-0.25, -0.2) is 13.1 Å². The van der Waals surface area contributed by atoms with Gasteiger partial charge < -0.3 is 9.64 Å². The summed E-state index contributed by atoms with van der Waals surface area (Å²) in [6.07, 6.45) is 0.670. The third kappa shape index (κ3) is 4.06. The van der Waals surface area contributed by atoms with Crippen LogP contribution in [0.4, 0.5) is 0 Å². The molecule has 2 aliphatic heterocycles. The minimum atomic E-state index is -3.64. The molecule has 2 heterocycles. The van der Waals surface area contributed by atoms with Gasteiger partial charge in [0.05, 0.1) is 11.5 Å². The van der Waals surface area contributed by atoms with Crippen molar-refractivity contribution in [1.82, 2.24) is 9.62 Å². The molecule has 0 aromatic heterocycles. The van der Waals surface area contributed by atoms with Crippen molar-refractivity contribution < 1.29 is 17.9 Å². The lowest BCUT2D eigenvalue weighted by molar-refractivity contribution is 0.0772. The molecule has 2 fully saturated rings. The van der Waals surface area contributed by atoms with E-state index in [1.807, 2.05) is 11.8 Å². The molecule has 0 radical (unpaired) electrons. The molecule has 1 atom stereocenters. The molecular formula is C15H20N2O4S2. The largest absolute Gasteiger partial charge is 0.380 e. The maximum atomic E-state index is 12.5. The lowest BCUT2D eigenvalue weighted by Gasteiger charge is -2.26. The van der Waals surface area contributed by atoms with Crippen LogP contribution in [0, 0.1) is 0 Å². The number of nitrogens with one attached hydrogen (secondary N) is 1. The average Bonchev–Trinajstić information content (AvgIpc) is 3.07. The van der Waals surface area contributed by atoms with Gasteiger partial charge in [-0.3, -0.25) is 4.79 Å². The van der Waals surface area contributed by atoms with Gasteiger partial charge in [0, 0.05) is 42.8 Å². The average molecular weight is 356 g/mol. The molecule has 126 valence electrons. The minimum absolute atomic E-state index is 0.105. The van der Waals surface area contributed by atoms with Crippen molar-refractivity contribution in [3.05, 3.63) is 29.8 Å². The first-order valence-corrected chi connectivity index (χ1v) is 10.3. The van der Waals surface area contributed by atoms with E-state index in [-0.39, 0.29) is 16.8 Å². The summed E-state index contributed by atoms with van der Waals surface area (Å²) in [5.41, 5.74) is 0.419. The highest BCUT2D eigenvalue weighted by Gasteiger charge is 2.25. The number of sulfonamides is 1. The van der Waals surface area contributed by atoms with E-state index in [9.17, 15) is 13.2 Å². The number of ether oxygens (including phenoxy) is 1. The number of thioether (sulfide) groups is 1. The molecular weight excluding hydrogens is 336 g/mol. The molecule has 0 aliphatic carbocycles. The number of hydrogen-bond donors (Lipinski definition) is 1. The summed E-state index contributed by atoms with van der Waals surface area (Å²) in [6, 6.07) is 6.06. The number of rotatable bonds is 4. The van der Waals surface area contributed by atoms with Crippen LogP contribution in [0.1, 0.15) is 16.8 Å². The normalized spacial score (nSPS) is 22.3. The Labute approximate surface area is 140 Å². The third-order valence-corrected chi connectivity index (χ3v) is 6.40. The van der Waals surface area contributed by atoms with Crippen molar-refractivity contribution in [3.8, 4) is 0 Å². The van der Waals surface area contributed by atoms with Gasteiger partial charge >= 0.3 is 0 Å². The number of amides is 1. The minimum Gasteiger partial charge on any atom is -0.380 e. The first-order chi connectivity index (χ1) is 11.1. The molecule has 3 rings (SSSR count). The smallest absolute Gasteiger partial charge is 0.253 e. The van der Waals surface area contributed by atoms with E-state index in [2.05, 4.69) is 4.72 Å². The highest BCUT2D eigenvalue weighted by Crippen LogP contribution is 2.17. The Morgan fingerprint density at radius 2 is 2.09 bits per heavy atom. The molecule has 0 spiro atoms. The lowest BCUT2D eigenvalue weighted by Crippen LogP contribution is -2.38. The Kier molecular flexibility index (Phi) is 5.25. The number of carbonyl (C=O) groups excluding carboxylic acids is 1. The maximum absolute atomic E-state index is 12.5. The standard InChI is InChI=1S/C15H20N2O4S2/c18-15(17-5-8-22-9-6-17)12-2-1-3-14(10-12)23(19,20)16-13-4-7-21-11-13/h1-3,10,13,16H,4-9,11H2. The molecule has 2 aliphatic rings. The van der Waals surface area contributed by atoms with Gasteiger partial charge in [0.2, 0.25) is 10.0 Å². The molecule has 0 saturated carbocycles. The Balaban J connectivity index is 1.77. The summed E-state index contributed by atoms with van der Waals surface area (Å²) in [5, 5.41) is 0. The maximum Gasteiger partial charge on any atom is 0.253 e. The van der Waals surface area contributed by atoms with Gasteiger partial charge in [-0.15, -0.1) is 0 Å².